The normalized spacial score (nSPS) is 18.0. The number of nitrogens with one attached hydrogen (secondary N) is 2. The minimum atomic E-state index is -0.896. The van der Waals surface area contributed by atoms with E-state index in [2.05, 4.69) is 10.6 Å². The summed E-state index contributed by atoms with van der Waals surface area (Å²) < 4.78 is 5.08. The van der Waals surface area contributed by atoms with Crippen LogP contribution in [-0.4, -0.2) is 53.7 Å². The van der Waals surface area contributed by atoms with Crippen molar-refractivity contribution in [2.45, 2.75) is 38.9 Å². The fraction of sp³-hybridized carbons (Fsp3) is 0.500. The van der Waals surface area contributed by atoms with Crippen molar-refractivity contribution in [1.82, 2.24) is 15.5 Å². The molecule has 1 fully saturated rings. The Balaban J connectivity index is 1.95. The quantitative estimate of drug-likeness (QED) is 0.588. The van der Waals surface area contributed by atoms with Crippen molar-refractivity contribution in [1.29, 1.82) is 0 Å². The van der Waals surface area contributed by atoms with Crippen molar-refractivity contribution in [3.05, 3.63) is 29.8 Å². The summed E-state index contributed by atoms with van der Waals surface area (Å²) in [6.45, 7) is 3.69. The van der Waals surface area contributed by atoms with Crippen LogP contribution in [0, 0.1) is 5.92 Å². The van der Waals surface area contributed by atoms with Gasteiger partial charge in [0.2, 0.25) is 5.91 Å². The molecule has 0 saturated carbocycles. The molecule has 8 heteroatoms. The summed E-state index contributed by atoms with van der Waals surface area (Å²) in [7, 11) is 1.56. The largest absolute Gasteiger partial charge is 0.497 e. The second-order valence-corrected chi connectivity index (χ2v) is 6.58. The maximum Gasteiger partial charge on any atom is 0.325 e. The van der Waals surface area contributed by atoms with Gasteiger partial charge >= 0.3 is 6.03 Å². The van der Waals surface area contributed by atoms with Gasteiger partial charge in [-0.25, -0.2) is 4.79 Å². The highest BCUT2D eigenvalue weighted by atomic mass is 16.5. The van der Waals surface area contributed by atoms with Gasteiger partial charge < -0.3 is 20.5 Å². The average molecular weight is 363 g/mol. The third kappa shape index (κ3) is 4.72. The number of urea groups is 1. The van der Waals surface area contributed by atoms with E-state index in [1.165, 1.54) is 0 Å². The highest BCUT2D eigenvalue weighted by Gasteiger charge is 2.39. The number of methoxy groups -OCH3 is 1. The number of rotatable bonds is 8. The van der Waals surface area contributed by atoms with Crippen LogP contribution in [0.5, 0.6) is 5.75 Å². The van der Waals surface area contributed by atoms with E-state index >= 15 is 0 Å². The second-order valence-electron chi connectivity index (χ2n) is 6.58. The molecule has 1 aromatic carbocycles. The van der Waals surface area contributed by atoms with Crippen LogP contribution < -0.4 is 15.4 Å². The molecule has 0 bridgehead atoms. The van der Waals surface area contributed by atoms with Crippen molar-refractivity contribution in [2.75, 3.05) is 13.7 Å². The number of amides is 4. The van der Waals surface area contributed by atoms with Crippen LogP contribution in [0.2, 0.25) is 0 Å². The minimum Gasteiger partial charge on any atom is -0.497 e. The number of aliphatic hydroxyl groups excluding tert-OH is 1. The zero-order valence-electron chi connectivity index (χ0n) is 15.2. The number of imide groups is 1. The standard InChI is InChI=1S/C18H25N3O5/c1-11(2)15(10-22)19-16(23)8-14-17(24)21(18(25)20-14)9-12-4-6-13(26-3)7-5-12/h4-7,11,14-15,22H,8-10H2,1-3H3,(H,19,23)(H,20,25)/t14-,15-/m0/s1. The van der Waals surface area contributed by atoms with Crippen molar-refractivity contribution < 1.29 is 24.2 Å². The molecular formula is C18H25N3O5. The van der Waals surface area contributed by atoms with E-state index < -0.39 is 18.0 Å². The molecule has 1 aliphatic heterocycles. The molecule has 0 spiro atoms. The molecule has 1 aliphatic rings. The van der Waals surface area contributed by atoms with Gasteiger partial charge in [-0.3, -0.25) is 14.5 Å². The third-order valence-corrected chi connectivity index (χ3v) is 4.34. The lowest BCUT2D eigenvalue weighted by molar-refractivity contribution is -0.131. The molecule has 2 rings (SSSR count). The van der Waals surface area contributed by atoms with E-state index in [9.17, 15) is 19.5 Å². The number of carbonyl (C=O) groups is 3. The highest BCUT2D eigenvalue weighted by molar-refractivity contribution is 6.05. The van der Waals surface area contributed by atoms with Crippen LogP contribution in [0.25, 0.3) is 0 Å². The van der Waals surface area contributed by atoms with Gasteiger partial charge in [0.1, 0.15) is 11.8 Å². The SMILES string of the molecule is COc1ccc(CN2C(=O)N[C@@H](CC(=O)N[C@@H](CO)C(C)C)C2=O)cc1. The third-order valence-electron chi connectivity index (χ3n) is 4.34. The molecule has 1 heterocycles. The Kier molecular flexibility index (Phi) is 6.57. The molecular weight excluding hydrogens is 338 g/mol. The maximum absolute atomic E-state index is 12.5. The molecule has 8 nitrogen and oxygen atoms in total. The van der Waals surface area contributed by atoms with Crippen molar-refractivity contribution in [3.63, 3.8) is 0 Å². The Labute approximate surface area is 152 Å². The van der Waals surface area contributed by atoms with Crippen LogP contribution in [0.3, 0.4) is 0 Å². The zero-order valence-corrected chi connectivity index (χ0v) is 15.2. The predicted octanol–water partition coefficient (Wildman–Crippen LogP) is 0.639. The summed E-state index contributed by atoms with van der Waals surface area (Å²) in [4.78, 5) is 37.7. The first-order valence-corrected chi connectivity index (χ1v) is 8.50. The molecule has 4 amide bonds. The summed E-state index contributed by atoms with van der Waals surface area (Å²) in [5, 5.41) is 14.5. The lowest BCUT2D eigenvalue weighted by Gasteiger charge is -2.20. The Morgan fingerprint density at radius 1 is 1.31 bits per heavy atom. The molecule has 0 unspecified atom stereocenters. The Hall–Kier alpha value is -2.61. The van der Waals surface area contributed by atoms with Crippen molar-refractivity contribution in [2.24, 2.45) is 5.92 Å². The van der Waals surface area contributed by atoms with E-state index in [-0.39, 0.29) is 37.4 Å². The van der Waals surface area contributed by atoms with Gasteiger partial charge in [0.25, 0.3) is 5.91 Å². The van der Waals surface area contributed by atoms with Crippen molar-refractivity contribution in [3.8, 4) is 5.75 Å². The van der Waals surface area contributed by atoms with Gasteiger partial charge in [0.05, 0.1) is 32.7 Å². The maximum atomic E-state index is 12.5. The molecule has 0 radical (unpaired) electrons. The number of hydrogen-bond donors (Lipinski definition) is 3. The van der Waals surface area contributed by atoms with E-state index in [0.29, 0.717) is 5.75 Å². The fourth-order valence-corrected chi connectivity index (χ4v) is 2.65. The second kappa shape index (κ2) is 8.66. The lowest BCUT2D eigenvalue weighted by atomic mass is 10.0. The number of hydrogen-bond acceptors (Lipinski definition) is 5. The van der Waals surface area contributed by atoms with Gasteiger partial charge in [-0.1, -0.05) is 26.0 Å². The first-order valence-electron chi connectivity index (χ1n) is 8.50. The van der Waals surface area contributed by atoms with Crippen LogP contribution in [-0.2, 0) is 16.1 Å². The van der Waals surface area contributed by atoms with E-state index in [0.717, 1.165) is 10.5 Å². The molecule has 1 aromatic rings. The molecule has 26 heavy (non-hydrogen) atoms. The molecule has 3 N–H and O–H groups in total. The van der Waals surface area contributed by atoms with Crippen LogP contribution in [0.15, 0.2) is 24.3 Å². The van der Waals surface area contributed by atoms with Crippen LogP contribution in [0.4, 0.5) is 4.79 Å². The fourth-order valence-electron chi connectivity index (χ4n) is 2.65. The average Bonchev–Trinajstić information content (AvgIpc) is 2.87. The summed E-state index contributed by atoms with van der Waals surface area (Å²) in [6, 6.07) is 5.24. The predicted molar refractivity (Wildman–Crippen MR) is 94.3 cm³/mol. The van der Waals surface area contributed by atoms with Gasteiger partial charge in [-0.15, -0.1) is 0 Å². The molecule has 142 valence electrons. The molecule has 2 atom stereocenters. The number of aliphatic hydroxyl groups is 1. The van der Waals surface area contributed by atoms with Crippen LogP contribution >= 0.6 is 0 Å². The van der Waals surface area contributed by atoms with Gasteiger partial charge in [-0.05, 0) is 23.6 Å². The van der Waals surface area contributed by atoms with E-state index in [1.807, 2.05) is 13.8 Å². The monoisotopic (exact) mass is 363 g/mol. The first-order chi connectivity index (χ1) is 12.3. The van der Waals surface area contributed by atoms with Crippen molar-refractivity contribution >= 4 is 17.8 Å². The Morgan fingerprint density at radius 3 is 2.50 bits per heavy atom. The van der Waals surface area contributed by atoms with E-state index in [1.54, 1.807) is 31.4 Å². The summed E-state index contributed by atoms with van der Waals surface area (Å²) in [5.41, 5.74) is 0.777. The zero-order chi connectivity index (χ0) is 19.3. The smallest absolute Gasteiger partial charge is 0.325 e. The Bertz CT molecular complexity index is 659. The first kappa shape index (κ1) is 19.7. The summed E-state index contributed by atoms with van der Waals surface area (Å²) >= 11 is 0. The molecule has 0 aromatic heterocycles. The molecule has 0 aliphatic carbocycles. The number of benzene rings is 1. The van der Waals surface area contributed by atoms with Gasteiger partial charge in [-0.2, -0.15) is 0 Å². The number of carbonyl (C=O) groups excluding carboxylic acids is 3. The minimum absolute atomic E-state index is 0.0596. The number of ether oxygens (including phenoxy) is 1. The summed E-state index contributed by atoms with van der Waals surface area (Å²) in [6.07, 6.45) is -0.160. The highest BCUT2D eigenvalue weighted by Crippen LogP contribution is 2.17. The van der Waals surface area contributed by atoms with Gasteiger partial charge in [0, 0.05) is 0 Å². The van der Waals surface area contributed by atoms with E-state index in [4.69, 9.17) is 4.74 Å². The lowest BCUT2D eigenvalue weighted by Crippen LogP contribution is -2.44. The van der Waals surface area contributed by atoms with Gasteiger partial charge in [0.15, 0.2) is 0 Å². The molecule has 1 saturated heterocycles. The number of nitrogens with zero attached hydrogens (tertiary/aromatic N) is 1. The summed E-state index contributed by atoms with van der Waals surface area (Å²) in [5.74, 6) is -0.0813. The topological polar surface area (TPSA) is 108 Å². The van der Waals surface area contributed by atoms with Crippen LogP contribution in [0.1, 0.15) is 25.8 Å². The Morgan fingerprint density at radius 2 is 1.96 bits per heavy atom.